The van der Waals surface area contributed by atoms with Gasteiger partial charge in [-0.1, -0.05) is 13.8 Å². The van der Waals surface area contributed by atoms with E-state index in [1.807, 2.05) is 5.38 Å². The van der Waals surface area contributed by atoms with Crippen molar-refractivity contribution < 1.29 is 9.21 Å². The first-order valence-electron chi connectivity index (χ1n) is 7.60. The largest absolute Gasteiger partial charge is 0.472 e. The highest BCUT2D eigenvalue weighted by Gasteiger charge is 2.22. The van der Waals surface area contributed by atoms with Crippen LogP contribution in [0.2, 0.25) is 0 Å². The van der Waals surface area contributed by atoms with Gasteiger partial charge in [0, 0.05) is 25.0 Å². The molecule has 2 aromatic rings. The molecule has 0 bridgehead atoms. The van der Waals surface area contributed by atoms with Gasteiger partial charge in [0.15, 0.2) is 5.13 Å². The molecule has 0 saturated carbocycles. The number of thiazole rings is 1. The van der Waals surface area contributed by atoms with Crippen molar-refractivity contribution in [2.45, 2.75) is 26.8 Å². The van der Waals surface area contributed by atoms with E-state index in [4.69, 9.17) is 4.42 Å². The third-order valence-electron chi connectivity index (χ3n) is 3.89. The summed E-state index contributed by atoms with van der Waals surface area (Å²) in [5, 5.41) is 5.47. The van der Waals surface area contributed by atoms with E-state index >= 15 is 0 Å². The zero-order valence-electron chi connectivity index (χ0n) is 12.9. The second-order valence-electron chi connectivity index (χ2n) is 6.25. The SMILES string of the molecule is CC1CC(C)CN(Cc2csc(NC(=O)c3ccoc3)n2)C1. The van der Waals surface area contributed by atoms with Crippen LogP contribution in [-0.2, 0) is 6.54 Å². The van der Waals surface area contributed by atoms with Crippen molar-refractivity contribution in [3.8, 4) is 0 Å². The Hall–Kier alpha value is -1.66. The molecule has 0 spiro atoms. The van der Waals surface area contributed by atoms with Gasteiger partial charge < -0.3 is 4.42 Å². The summed E-state index contributed by atoms with van der Waals surface area (Å²) in [6.07, 6.45) is 4.22. The van der Waals surface area contributed by atoms with Crippen LogP contribution in [0.1, 0.15) is 36.3 Å². The van der Waals surface area contributed by atoms with Crippen LogP contribution in [0, 0.1) is 11.8 Å². The highest BCUT2D eigenvalue weighted by Crippen LogP contribution is 2.24. The van der Waals surface area contributed by atoms with Gasteiger partial charge in [0.1, 0.15) is 6.26 Å². The van der Waals surface area contributed by atoms with Gasteiger partial charge in [0.2, 0.25) is 0 Å². The van der Waals surface area contributed by atoms with E-state index in [-0.39, 0.29) is 5.91 Å². The number of nitrogens with one attached hydrogen (secondary N) is 1. The normalized spacial score (nSPS) is 22.6. The number of rotatable bonds is 4. The number of likely N-dealkylation sites (tertiary alicyclic amines) is 1. The molecule has 1 aliphatic heterocycles. The number of piperidine rings is 1. The van der Waals surface area contributed by atoms with Gasteiger partial charge in [-0.25, -0.2) is 4.98 Å². The minimum Gasteiger partial charge on any atom is -0.472 e. The molecule has 3 heterocycles. The van der Waals surface area contributed by atoms with Gasteiger partial charge in [-0.3, -0.25) is 15.0 Å². The Morgan fingerprint density at radius 1 is 1.45 bits per heavy atom. The fourth-order valence-electron chi connectivity index (χ4n) is 3.15. The minimum atomic E-state index is -0.185. The van der Waals surface area contributed by atoms with Crippen molar-refractivity contribution in [1.29, 1.82) is 0 Å². The third kappa shape index (κ3) is 3.75. The minimum absolute atomic E-state index is 0.185. The predicted octanol–water partition coefficient (Wildman–Crippen LogP) is 3.47. The molecule has 2 unspecified atom stereocenters. The molecule has 22 heavy (non-hydrogen) atoms. The van der Waals surface area contributed by atoms with Gasteiger partial charge in [0.05, 0.1) is 17.5 Å². The molecule has 1 amide bonds. The smallest absolute Gasteiger partial charge is 0.260 e. The first-order chi connectivity index (χ1) is 10.6. The molecule has 118 valence electrons. The Bertz CT molecular complexity index is 613. The van der Waals surface area contributed by atoms with Gasteiger partial charge >= 0.3 is 0 Å². The fraction of sp³-hybridized carbons (Fsp3) is 0.500. The van der Waals surface area contributed by atoms with Crippen LogP contribution in [0.3, 0.4) is 0 Å². The van der Waals surface area contributed by atoms with Crippen LogP contribution in [-0.4, -0.2) is 28.9 Å². The number of carbonyl (C=O) groups is 1. The quantitative estimate of drug-likeness (QED) is 0.937. The zero-order valence-corrected chi connectivity index (χ0v) is 13.7. The van der Waals surface area contributed by atoms with Crippen molar-refractivity contribution in [2.75, 3.05) is 18.4 Å². The van der Waals surface area contributed by atoms with Crippen molar-refractivity contribution in [3.63, 3.8) is 0 Å². The molecular weight excluding hydrogens is 298 g/mol. The second-order valence-corrected chi connectivity index (χ2v) is 7.11. The monoisotopic (exact) mass is 319 g/mol. The van der Waals surface area contributed by atoms with Crippen molar-refractivity contribution in [2.24, 2.45) is 11.8 Å². The van der Waals surface area contributed by atoms with Crippen molar-refractivity contribution in [1.82, 2.24) is 9.88 Å². The summed E-state index contributed by atoms with van der Waals surface area (Å²) < 4.78 is 4.91. The number of furan rings is 1. The summed E-state index contributed by atoms with van der Waals surface area (Å²) in [5.74, 6) is 1.29. The third-order valence-corrected chi connectivity index (χ3v) is 4.69. The fourth-order valence-corrected chi connectivity index (χ4v) is 3.85. The molecule has 5 nitrogen and oxygen atoms in total. The van der Waals surface area contributed by atoms with Gasteiger partial charge in [-0.2, -0.15) is 0 Å². The first-order valence-corrected chi connectivity index (χ1v) is 8.48. The van der Waals surface area contributed by atoms with E-state index in [9.17, 15) is 4.79 Å². The number of anilines is 1. The van der Waals surface area contributed by atoms with Crippen molar-refractivity contribution in [3.05, 3.63) is 35.2 Å². The second kappa shape index (κ2) is 6.62. The molecule has 1 N–H and O–H groups in total. The Morgan fingerprint density at radius 2 is 2.23 bits per heavy atom. The maximum absolute atomic E-state index is 11.9. The van der Waals surface area contributed by atoms with E-state index in [0.717, 1.165) is 37.2 Å². The topological polar surface area (TPSA) is 58.4 Å². The molecule has 3 rings (SSSR count). The highest BCUT2D eigenvalue weighted by atomic mass is 32.1. The Kier molecular flexibility index (Phi) is 4.59. The number of hydrogen-bond donors (Lipinski definition) is 1. The summed E-state index contributed by atoms with van der Waals surface area (Å²) in [6, 6.07) is 1.64. The van der Waals surface area contributed by atoms with E-state index in [1.54, 1.807) is 6.07 Å². The lowest BCUT2D eigenvalue weighted by Crippen LogP contribution is -2.38. The zero-order chi connectivity index (χ0) is 15.5. The summed E-state index contributed by atoms with van der Waals surface area (Å²) in [4.78, 5) is 18.9. The van der Waals surface area contributed by atoms with E-state index in [1.165, 1.54) is 30.3 Å². The number of hydrogen-bond acceptors (Lipinski definition) is 5. The summed E-state index contributed by atoms with van der Waals surface area (Å²) in [7, 11) is 0. The Labute approximate surface area is 134 Å². The summed E-state index contributed by atoms with van der Waals surface area (Å²) >= 11 is 1.46. The number of nitrogens with zero attached hydrogens (tertiary/aromatic N) is 2. The molecule has 0 aromatic carbocycles. The van der Waals surface area contributed by atoms with Crippen LogP contribution in [0.4, 0.5) is 5.13 Å². The standard InChI is InChI=1S/C16H21N3O2S/c1-11-5-12(2)7-19(6-11)8-14-10-22-16(17-14)18-15(20)13-3-4-21-9-13/h3-4,9-12H,5-8H2,1-2H3,(H,17,18,20). The van der Waals surface area contributed by atoms with Gasteiger partial charge in [-0.15, -0.1) is 11.3 Å². The van der Waals surface area contributed by atoms with E-state index < -0.39 is 0 Å². The molecule has 1 saturated heterocycles. The van der Waals surface area contributed by atoms with Crippen LogP contribution >= 0.6 is 11.3 Å². The van der Waals surface area contributed by atoms with Crippen LogP contribution in [0.15, 0.2) is 28.4 Å². The number of aromatic nitrogens is 1. The Morgan fingerprint density at radius 3 is 2.91 bits per heavy atom. The summed E-state index contributed by atoms with van der Waals surface area (Å²) in [6.45, 7) is 7.71. The van der Waals surface area contributed by atoms with E-state index in [0.29, 0.717) is 10.7 Å². The van der Waals surface area contributed by atoms with Gasteiger partial charge in [0.25, 0.3) is 5.91 Å². The molecule has 2 atom stereocenters. The number of carbonyl (C=O) groups excluding carboxylic acids is 1. The lowest BCUT2D eigenvalue weighted by Gasteiger charge is -2.34. The number of amides is 1. The molecule has 0 aliphatic carbocycles. The molecule has 6 heteroatoms. The Balaban J connectivity index is 1.58. The lowest BCUT2D eigenvalue weighted by atomic mass is 9.92. The van der Waals surface area contributed by atoms with Gasteiger partial charge in [-0.05, 0) is 24.3 Å². The van der Waals surface area contributed by atoms with Crippen LogP contribution < -0.4 is 5.32 Å². The molecule has 0 radical (unpaired) electrons. The predicted molar refractivity (Wildman–Crippen MR) is 87.0 cm³/mol. The maximum Gasteiger partial charge on any atom is 0.260 e. The van der Waals surface area contributed by atoms with Crippen LogP contribution in [0.25, 0.3) is 0 Å². The molecule has 1 aliphatic rings. The summed E-state index contributed by atoms with van der Waals surface area (Å²) in [5.41, 5.74) is 1.53. The average molecular weight is 319 g/mol. The maximum atomic E-state index is 11.9. The van der Waals surface area contributed by atoms with Crippen LogP contribution in [0.5, 0.6) is 0 Å². The lowest BCUT2D eigenvalue weighted by molar-refractivity contribution is 0.102. The highest BCUT2D eigenvalue weighted by molar-refractivity contribution is 7.13. The first kappa shape index (κ1) is 15.2. The molecule has 2 aromatic heterocycles. The molecular formula is C16H21N3O2S. The van der Waals surface area contributed by atoms with E-state index in [2.05, 4.69) is 29.0 Å². The average Bonchev–Trinajstić information content (AvgIpc) is 3.09. The van der Waals surface area contributed by atoms with Crippen molar-refractivity contribution >= 4 is 22.4 Å². The molecule has 1 fully saturated rings.